The molecule has 0 aliphatic rings. The Labute approximate surface area is 145 Å². The van der Waals surface area contributed by atoms with E-state index in [2.05, 4.69) is 17.2 Å². The molecule has 1 amide bonds. The number of carbonyl (C=O) groups excluding carboxylic acids is 1. The van der Waals surface area contributed by atoms with Gasteiger partial charge in [-0.25, -0.2) is 0 Å². The molecule has 2 rings (SSSR count). The molecule has 0 bridgehead atoms. The molecule has 2 aromatic rings. The maximum Gasteiger partial charge on any atom is 0.416 e. The number of halogens is 3. The molecule has 1 N–H and O–H groups in total. The van der Waals surface area contributed by atoms with Crippen LogP contribution in [0.25, 0.3) is 0 Å². The van der Waals surface area contributed by atoms with Crippen molar-refractivity contribution in [2.75, 3.05) is 6.54 Å². The van der Waals surface area contributed by atoms with Crippen molar-refractivity contribution in [1.82, 2.24) is 5.32 Å². The van der Waals surface area contributed by atoms with E-state index < -0.39 is 11.7 Å². The average Bonchev–Trinajstić information content (AvgIpc) is 2.58. The molecule has 0 heterocycles. The Hall–Kier alpha value is -2.74. The van der Waals surface area contributed by atoms with Gasteiger partial charge in [0.1, 0.15) is 0 Å². The van der Waals surface area contributed by atoms with Gasteiger partial charge in [0.15, 0.2) is 0 Å². The first-order valence-electron chi connectivity index (χ1n) is 7.83. The molecule has 25 heavy (non-hydrogen) atoms. The van der Waals surface area contributed by atoms with Gasteiger partial charge < -0.3 is 5.32 Å². The molecule has 0 unspecified atom stereocenters. The lowest BCUT2D eigenvalue weighted by atomic mass is 10.1. The fourth-order valence-electron chi connectivity index (χ4n) is 2.16. The summed E-state index contributed by atoms with van der Waals surface area (Å²) in [7, 11) is 0. The summed E-state index contributed by atoms with van der Waals surface area (Å²) in [5, 5.41) is 2.64. The van der Waals surface area contributed by atoms with Gasteiger partial charge in [-0.2, -0.15) is 13.2 Å². The zero-order chi connectivity index (χ0) is 18.3. The van der Waals surface area contributed by atoms with Crippen molar-refractivity contribution in [3.8, 4) is 11.8 Å². The quantitative estimate of drug-likeness (QED) is 0.830. The highest BCUT2D eigenvalue weighted by Crippen LogP contribution is 2.29. The summed E-state index contributed by atoms with van der Waals surface area (Å²) in [6.45, 7) is 2.10. The van der Waals surface area contributed by atoms with Crippen LogP contribution in [0.1, 0.15) is 28.7 Å². The molecule has 0 fully saturated rings. The zero-order valence-electron chi connectivity index (χ0n) is 13.8. The number of aryl methyl sites for hydroxylation is 2. The summed E-state index contributed by atoms with van der Waals surface area (Å²) < 4.78 is 37.8. The van der Waals surface area contributed by atoms with Crippen LogP contribution in [-0.4, -0.2) is 12.5 Å². The van der Waals surface area contributed by atoms with E-state index in [4.69, 9.17) is 0 Å². The minimum atomic E-state index is -4.39. The van der Waals surface area contributed by atoms with Crippen molar-refractivity contribution in [3.05, 3.63) is 70.8 Å². The largest absolute Gasteiger partial charge is 0.416 e. The van der Waals surface area contributed by atoms with Gasteiger partial charge in [0.2, 0.25) is 5.91 Å². The Morgan fingerprint density at radius 3 is 2.52 bits per heavy atom. The summed E-state index contributed by atoms with van der Waals surface area (Å²) in [5.74, 6) is 5.16. The van der Waals surface area contributed by atoms with Gasteiger partial charge in [-0.3, -0.25) is 4.79 Å². The van der Waals surface area contributed by atoms with Crippen molar-refractivity contribution in [2.24, 2.45) is 0 Å². The van der Waals surface area contributed by atoms with Crippen LogP contribution in [0.3, 0.4) is 0 Å². The maximum absolute atomic E-state index is 12.6. The van der Waals surface area contributed by atoms with Crippen molar-refractivity contribution >= 4 is 5.91 Å². The number of nitrogens with one attached hydrogen (secondary N) is 1. The van der Waals surface area contributed by atoms with Gasteiger partial charge in [0, 0.05) is 12.0 Å². The number of hydrogen-bond donors (Lipinski definition) is 1. The molecule has 0 radical (unpaired) electrons. The molecule has 0 saturated heterocycles. The van der Waals surface area contributed by atoms with Crippen LogP contribution in [0.2, 0.25) is 0 Å². The highest BCUT2D eigenvalue weighted by molar-refractivity contribution is 5.76. The molecule has 0 saturated carbocycles. The van der Waals surface area contributed by atoms with E-state index in [1.54, 1.807) is 0 Å². The number of carbonyl (C=O) groups is 1. The lowest BCUT2D eigenvalue weighted by molar-refractivity contribution is -0.137. The maximum atomic E-state index is 12.6. The lowest BCUT2D eigenvalue weighted by Crippen LogP contribution is -2.23. The molecule has 2 aromatic carbocycles. The Morgan fingerprint density at radius 2 is 1.84 bits per heavy atom. The number of alkyl halides is 3. The summed E-state index contributed by atoms with van der Waals surface area (Å²) in [6, 6.07) is 12.8. The summed E-state index contributed by atoms with van der Waals surface area (Å²) in [4.78, 5) is 11.8. The first-order chi connectivity index (χ1) is 11.8. The highest BCUT2D eigenvalue weighted by atomic mass is 19.4. The van der Waals surface area contributed by atoms with Crippen LogP contribution >= 0.6 is 0 Å². The molecule has 2 nitrogen and oxygen atoms in total. The van der Waals surface area contributed by atoms with Gasteiger partial charge in [0.05, 0.1) is 12.1 Å². The number of hydrogen-bond acceptors (Lipinski definition) is 1. The second-order valence-corrected chi connectivity index (χ2v) is 5.64. The van der Waals surface area contributed by atoms with Gasteiger partial charge in [-0.1, -0.05) is 47.7 Å². The third-order valence-electron chi connectivity index (χ3n) is 3.56. The topological polar surface area (TPSA) is 29.1 Å². The van der Waals surface area contributed by atoms with E-state index in [9.17, 15) is 18.0 Å². The van der Waals surface area contributed by atoms with Crippen LogP contribution in [0.15, 0.2) is 48.5 Å². The van der Waals surface area contributed by atoms with Gasteiger partial charge in [-0.05, 0) is 37.1 Å². The number of amides is 1. The minimum Gasteiger partial charge on any atom is -0.345 e. The third kappa shape index (κ3) is 6.34. The first kappa shape index (κ1) is 18.6. The predicted octanol–water partition coefficient (Wildman–Crippen LogP) is 4.11. The number of benzene rings is 2. The van der Waals surface area contributed by atoms with Crippen LogP contribution in [-0.2, 0) is 17.4 Å². The molecular weight excluding hydrogens is 327 g/mol. The second-order valence-electron chi connectivity index (χ2n) is 5.64. The van der Waals surface area contributed by atoms with Gasteiger partial charge in [0.25, 0.3) is 0 Å². The predicted molar refractivity (Wildman–Crippen MR) is 90.8 cm³/mol. The van der Waals surface area contributed by atoms with Gasteiger partial charge >= 0.3 is 6.18 Å². The molecular formula is C20H18F3NO. The molecule has 0 aliphatic carbocycles. The Kier molecular flexibility index (Phi) is 6.24. The monoisotopic (exact) mass is 345 g/mol. The van der Waals surface area contributed by atoms with E-state index in [1.807, 2.05) is 31.2 Å². The Balaban J connectivity index is 1.80. The normalized spacial score (nSPS) is 10.7. The molecule has 0 aromatic heterocycles. The Bertz CT molecular complexity index is 783. The third-order valence-corrected chi connectivity index (χ3v) is 3.56. The summed E-state index contributed by atoms with van der Waals surface area (Å²) in [6.07, 6.45) is -3.41. The molecule has 130 valence electrons. The van der Waals surface area contributed by atoms with Crippen LogP contribution < -0.4 is 5.32 Å². The fraction of sp³-hybridized carbons (Fsp3) is 0.250. The van der Waals surface area contributed by atoms with Gasteiger partial charge in [-0.15, -0.1) is 0 Å². The number of rotatable bonds is 4. The summed E-state index contributed by atoms with van der Waals surface area (Å²) >= 11 is 0. The van der Waals surface area contributed by atoms with Crippen LogP contribution in [0.4, 0.5) is 13.2 Å². The second kappa shape index (κ2) is 8.39. The van der Waals surface area contributed by atoms with E-state index in [0.717, 1.165) is 23.3 Å². The van der Waals surface area contributed by atoms with Crippen LogP contribution in [0, 0.1) is 18.8 Å². The van der Waals surface area contributed by atoms with E-state index in [1.165, 1.54) is 12.1 Å². The first-order valence-corrected chi connectivity index (χ1v) is 7.83. The van der Waals surface area contributed by atoms with Crippen molar-refractivity contribution in [1.29, 1.82) is 0 Å². The SMILES string of the molecule is Cc1ccc(CCC(=O)NCC#Cc2cccc(C(F)(F)F)c2)cc1. The average molecular weight is 345 g/mol. The molecule has 0 aliphatic heterocycles. The molecule has 0 atom stereocenters. The lowest BCUT2D eigenvalue weighted by Gasteiger charge is -2.05. The van der Waals surface area contributed by atoms with E-state index in [0.29, 0.717) is 12.8 Å². The van der Waals surface area contributed by atoms with E-state index in [-0.39, 0.29) is 18.0 Å². The Morgan fingerprint density at radius 1 is 1.12 bits per heavy atom. The van der Waals surface area contributed by atoms with Crippen LogP contribution in [0.5, 0.6) is 0 Å². The van der Waals surface area contributed by atoms with Crippen molar-refractivity contribution in [3.63, 3.8) is 0 Å². The molecule has 0 spiro atoms. The highest BCUT2D eigenvalue weighted by Gasteiger charge is 2.30. The summed E-state index contributed by atoms with van der Waals surface area (Å²) in [5.41, 5.74) is 1.78. The van der Waals surface area contributed by atoms with Crippen molar-refractivity contribution in [2.45, 2.75) is 25.9 Å². The fourth-order valence-corrected chi connectivity index (χ4v) is 2.16. The minimum absolute atomic E-state index is 0.100. The smallest absolute Gasteiger partial charge is 0.345 e. The molecule has 5 heteroatoms. The van der Waals surface area contributed by atoms with E-state index >= 15 is 0 Å². The zero-order valence-corrected chi connectivity index (χ0v) is 13.8. The standard InChI is InChI=1S/C20H18F3NO/c1-15-7-9-16(10-8-15)11-12-19(25)24-13-3-5-17-4-2-6-18(14-17)20(21,22)23/h2,4,6-10,14H,11-13H2,1H3,(H,24,25). The van der Waals surface area contributed by atoms with Crippen molar-refractivity contribution < 1.29 is 18.0 Å².